The number of hydrogen-bond donors (Lipinski definition) is 1. The summed E-state index contributed by atoms with van der Waals surface area (Å²) in [6.45, 7) is 8.40. The van der Waals surface area contributed by atoms with Gasteiger partial charge in [-0.25, -0.2) is 0 Å². The van der Waals surface area contributed by atoms with Crippen molar-refractivity contribution >= 4 is 0 Å². The van der Waals surface area contributed by atoms with Crippen molar-refractivity contribution in [3.8, 4) is 0 Å². The summed E-state index contributed by atoms with van der Waals surface area (Å²) >= 11 is 0. The van der Waals surface area contributed by atoms with E-state index < -0.39 is 0 Å². The average Bonchev–Trinajstić information content (AvgIpc) is 1.87. The van der Waals surface area contributed by atoms with Crippen molar-refractivity contribution in [1.82, 2.24) is 0 Å². The Morgan fingerprint density at radius 3 is 2.00 bits per heavy atom. The van der Waals surface area contributed by atoms with Gasteiger partial charge in [0.15, 0.2) is 0 Å². The van der Waals surface area contributed by atoms with E-state index in [-0.39, 0.29) is 6.10 Å². The number of rotatable bonds is 4. The monoisotopic (exact) mass is 144 g/mol. The molecule has 3 atom stereocenters. The highest BCUT2D eigenvalue weighted by Gasteiger charge is 2.11. The first-order valence-corrected chi connectivity index (χ1v) is 4.26. The van der Waals surface area contributed by atoms with E-state index in [0.717, 1.165) is 12.3 Å². The zero-order valence-electron chi connectivity index (χ0n) is 7.59. The van der Waals surface area contributed by atoms with Gasteiger partial charge in [-0.2, -0.15) is 0 Å². The third-order valence-electron chi connectivity index (χ3n) is 2.29. The molecule has 0 bridgehead atoms. The summed E-state index contributed by atoms with van der Waals surface area (Å²) in [7, 11) is 0. The van der Waals surface area contributed by atoms with Crippen LogP contribution in [0.5, 0.6) is 0 Å². The van der Waals surface area contributed by atoms with Crippen LogP contribution in [0.3, 0.4) is 0 Å². The van der Waals surface area contributed by atoms with E-state index in [0.29, 0.717) is 5.92 Å². The van der Waals surface area contributed by atoms with Gasteiger partial charge >= 0.3 is 0 Å². The lowest BCUT2D eigenvalue weighted by molar-refractivity contribution is 0.120. The van der Waals surface area contributed by atoms with Gasteiger partial charge in [-0.3, -0.25) is 0 Å². The second kappa shape index (κ2) is 4.73. The van der Waals surface area contributed by atoms with Crippen molar-refractivity contribution in [2.45, 2.75) is 46.6 Å². The van der Waals surface area contributed by atoms with E-state index in [2.05, 4.69) is 20.8 Å². The molecule has 0 rings (SSSR count). The first kappa shape index (κ1) is 9.96. The van der Waals surface area contributed by atoms with Gasteiger partial charge in [0.05, 0.1) is 6.10 Å². The minimum atomic E-state index is -0.144. The predicted molar refractivity (Wildman–Crippen MR) is 44.9 cm³/mol. The fourth-order valence-electron chi connectivity index (χ4n) is 0.998. The molecule has 0 fully saturated rings. The van der Waals surface area contributed by atoms with Gasteiger partial charge in [0.1, 0.15) is 0 Å². The van der Waals surface area contributed by atoms with Gasteiger partial charge in [0.25, 0.3) is 0 Å². The van der Waals surface area contributed by atoms with Crippen LogP contribution in [0.1, 0.15) is 40.5 Å². The van der Waals surface area contributed by atoms with Crippen LogP contribution in [0.4, 0.5) is 0 Å². The molecular weight excluding hydrogens is 124 g/mol. The maximum Gasteiger partial charge on any atom is 0.0537 e. The number of aliphatic hydroxyl groups is 1. The second-order valence-corrected chi connectivity index (χ2v) is 3.47. The van der Waals surface area contributed by atoms with Gasteiger partial charge < -0.3 is 5.11 Å². The third-order valence-corrected chi connectivity index (χ3v) is 2.29. The smallest absolute Gasteiger partial charge is 0.0537 e. The Morgan fingerprint density at radius 2 is 1.70 bits per heavy atom. The lowest BCUT2D eigenvalue weighted by Crippen LogP contribution is -2.15. The molecule has 1 heteroatoms. The van der Waals surface area contributed by atoms with E-state index in [1.807, 2.05) is 6.92 Å². The van der Waals surface area contributed by atoms with Gasteiger partial charge in [0.2, 0.25) is 0 Å². The SMILES string of the molecule is CCC(C)CC(C)C(C)O. The summed E-state index contributed by atoms with van der Waals surface area (Å²) in [5, 5.41) is 9.17. The Balaban J connectivity index is 3.46. The first-order chi connectivity index (χ1) is 4.57. The molecular formula is C9H20O. The number of hydrogen-bond acceptors (Lipinski definition) is 1. The van der Waals surface area contributed by atoms with Crippen molar-refractivity contribution in [3.05, 3.63) is 0 Å². The Labute approximate surface area is 64.5 Å². The summed E-state index contributed by atoms with van der Waals surface area (Å²) < 4.78 is 0. The second-order valence-electron chi connectivity index (χ2n) is 3.47. The molecule has 0 aliphatic carbocycles. The van der Waals surface area contributed by atoms with E-state index in [9.17, 15) is 0 Å². The molecule has 62 valence electrons. The summed E-state index contributed by atoms with van der Waals surface area (Å²) in [4.78, 5) is 0. The van der Waals surface area contributed by atoms with E-state index in [1.165, 1.54) is 6.42 Å². The summed E-state index contributed by atoms with van der Waals surface area (Å²) in [6, 6.07) is 0. The summed E-state index contributed by atoms with van der Waals surface area (Å²) in [6.07, 6.45) is 2.22. The zero-order valence-corrected chi connectivity index (χ0v) is 7.59. The lowest BCUT2D eigenvalue weighted by Gasteiger charge is -2.17. The molecule has 0 radical (unpaired) electrons. The van der Waals surface area contributed by atoms with Crippen molar-refractivity contribution in [2.24, 2.45) is 11.8 Å². The standard InChI is InChI=1S/C9H20O/c1-5-7(2)6-8(3)9(4)10/h7-10H,5-6H2,1-4H3. The van der Waals surface area contributed by atoms with Crippen LogP contribution in [0, 0.1) is 11.8 Å². The average molecular weight is 144 g/mol. The van der Waals surface area contributed by atoms with Crippen LogP contribution < -0.4 is 0 Å². The molecule has 0 spiro atoms. The third kappa shape index (κ3) is 3.89. The Kier molecular flexibility index (Phi) is 4.71. The molecule has 0 heterocycles. The molecule has 0 saturated carbocycles. The highest BCUT2D eigenvalue weighted by molar-refractivity contribution is 4.62. The first-order valence-electron chi connectivity index (χ1n) is 4.26. The predicted octanol–water partition coefficient (Wildman–Crippen LogP) is 2.44. The largest absolute Gasteiger partial charge is 0.393 e. The molecule has 0 aliphatic heterocycles. The maximum atomic E-state index is 9.17. The highest BCUT2D eigenvalue weighted by Crippen LogP contribution is 2.17. The van der Waals surface area contributed by atoms with E-state index >= 15 is 0 Å². The fraction of sp³-hybridized carbons (Fsp3) is 1.00. The van der Waals surface area contributed by atoms with Crippen LogP contribution in [-0.4, -0.2) is 11.2 Å². The van der Waals surface area contributed by atoms with Crippen LogP contribution >= 0.6 is 0 Å². The normalized spacial score (nSPS) is 20.1. The Bertz CT molecular complexity index is 78.8. The van der Waals surface area contributed by atoms with Crippen molar-refractivity contribution in [2.75, 3.05) is 0 Å². The molecule has 3 unspecified atom stereocenters. The lowest BCUT2D eigenvalue weighted by atomic mass is 9.92. The summed E-state index contributed by atoms with van der Waals surface area (Å²) in [5.74, 6) is 1.21. The minimum absolute atomic E-state index is 0.144. The minimum Gasteiger partial charge on any atom is -0.393 e. The van der Waals surface area contributed by atoms with E-state index in [1.54, 1.807) is 0 Å². The van der Waals surface area contributed by atoms with Crippen molar-refractivity contribution < 1.29 is 5.11 Å². The molecule has 0 saturated heterocycles. The zero-order chi connectivity index (χ0) is 8.15. The van der Waals surface area contributed by atoms with Gasteiger partial charge in [0, 0.05) is 0 Å². The Hall–Kier alpha value is -0.0400. The highest BCUT2D eigenvalue weighted by atomic mass is 16.3. The van der Waals surface area contributed by atoms with Gasteiger partial charge in [-0.15, -0.1) is 0 Å². The van der Waals surface area contributed by atoms with Crippen LogP contribution in [0.25, 0.3) is 0 Å². The van der Waals surface area contributed by atoms with Crippen molar-refractivity contribution in [3.63, 3.8) is 0 Å². The Morgan fingerprint density at radius 1 is 1.20 bits per heavy atom. The molecule has 10 heavy (non-hydrogen) atoms. The molecule has 0 aromatic rings. The summed E-state index contributed by atoms with van der Waals surface area (Å²) in [5.41, 5.74) is 0. The topological polar surface area (TPSA) is 20.2 Å². The number of aliphatic hydroxyl groups excluding tert-OH is 1. The quantitative estimate of drug-likeness (QED) is 0.642. The van der Waals surface area contributed by atoms with E-state index in [4.69, 9.17) is 5.11 Å². The molecule has 0 amide bonds. The fourth-order valence-corrected chi connectivity index (χ4v) is 0.998. The van der Waals surface area contributed by atoms with Crippen molar-refractivity contribution in [1.29, 1.82) is 0 Å². The maximum absolute atomic E-state index is 9.17. The molecule has 0 aromatic heterocycles. The molecule has 1 nitrogen and oxygen atoms in total. The molecule has 1 N–H and O–H groups in total. The van der Waals surface area contributed by atoms with Crippen LogP contribution in [0.2, 0.25) is 0 Å². The molecule has 0 aliphatic rings. The molecule has 0 aromatic carbocycles. The van der Waals surface area contributed by atoms with Crippen LogP contribution in [-0.2, 0) is 0 Å². The van der Waals surface area contributed by atoms with Crippen LogP contribution in [0.15, 0.2) is 0 Å². The van der Waals surface area contributed by atoms with Gasteiger partial charge in [-0.1, -0.05) is 27.2 Å². The van der Waals surface area contributed by atoms with Gasteiger partial charge in [-0.05, 0) is 25.2 Å².